The first kappa shape index (κ1) is 9.12. The molecule has 0 aliphatic heterocycles. The van der Waals surface area contributed by atoms with Crippen LogP contribution < -0.4 is 0 Å². The summed E-state index contributed by atoms with van der Waals surface area (Å²) in [7, 11) is 0. The lowest BCUT2D eigenvalue weighted by molar-refractivity contribution is 0.685. The minimum absolute atomic E-state index is 0.623. The summed E-state index contributed by atoms with van der Waals surface area (Å²) in [4.78, 5) is 9.48. The third-order valence-corrected chi connectivity index (χ3v) is 4.05. The molecule has 17 heavy (non-hydrogen) atoms. The molecule has 0 saturated heterocycles. The first-order chi connectivity index (χ1) is 8.35. The van der Waals surface area contributed by atoms with E-state index in [0.29, 0.717) is 17.4 Å². The third kappa shape index (κ3) is 1.15. The second kappa shape index (κ2) is 3.04. The van der Waals surface area contributed by atoms with E-state index in [1.54, 1.807) is 0 Å². The van der Waals surface area contributed by atoms with Gasteiger partial charge in [0, 0.05) is 11.8 Å². The van der Waals surface area contributed by atoms with Crippen LogP contribution in [0.2, 0.25) is 0 Å². The van der Waals surface area contributed by atoms with Crippen molar-refractivity contribution in [3.8, 4) is 6.07 Å². The van der Waals surface area contributed by atoms with E-state index in [9.17, 15) is 0 Å². The average Bonchev–Trinajstić information content (AvgIpc) is 2.97. The highest BCUT2D eigenvalue weighted by Crippen LogP contribution is 2.51. The van der Waals surface area contributed by atoms with Crippen LogP contribution >= 0.6 is 0 Å². The van der Waals surface area contributed by atoms with Crippen molar-refractivity contribution in [1.82, 2.24) is 9.97 Å². The average molecular weight is 221 g/mol. The van der Waals surface area contributed by atoms with Gasteiger partial charge in [0.15, 0.2) is 0 Å². The van der Waals surface area contributed by atoms with Gasteiger partial charge in [0.25, 0.3) is 0 Å². The van der Waals surface area contributed by atoms with Gasteiger partial charge in [-0.15, -0.1) is 0 Å². The molecule has 0 N–H and O–H groups in total. The number of nitrogens with zero attached hydrogens (tertiary/aromatic N) is 3. The van der Waals surface area contributed by atoms with Crippen LogP contribution in [-0.2, 0) is 0 Å². The summed E-state index contributed by atoms with van der Waals surface area (Å²) in [6.07, 6.45) is 3.76. The van der Waals surface area contributed by atoms with Crippen LogP contribution in [0.25, 0.3) is 11.0 Å². The van der Waals surface area contributed by atoms with Gasteiger partial charge in [0.1, 0.15) is 0 Å². The summed E-state index contributed by atoms with van der Waals surface area (Å²) in [5, 5.41) is 8.90. The molecule has 2 bridgehead atoms. The highest BCUT2D eigenvalue weighted by molar-refractivity contribution is 5.76. The smallest absolute Gasteiger partial charge is 0.0992 e. The molecule has 0 amide bonds. The maximum Gasteiger partial charge on any atom is 0.0992 e. The second-order valence-electron chi connectivity index (χ2n) is 5.02. The number of fused-ring (bicyclic) bond motifs is 6. The van der Waals surface area contributed by atoms with Gasteiger partial charge < -0.3 is 0 Å². The number of rotatable bonds is 0. The maximum absolute atomic E-state index is 8.90. The Morgan fingerprint density at radius 2 is 1.76 bits per heavy atom. The van der Waals surface area contributed by atoms with Gasteiger partial charge in [0.05, 0.1) is 34.1 Å². The SMILES string of the molecule is N#Cc1ccc2nc3c(nc2c1)[C@@H]1CC[C@@H]3C1. The van der Waals surface area contributed by atoms with E-state index in [1.807, 2.05) is 18.2 Å². The fourth-order valence-electron chi connectivity index (χ4n) is 3.23. The molecule has 2 atom stereocenters. The molecule has 0 radical (unpaired) electrons. The van der Waals surface area contributed by atoms with Gasteiger partial charge in [-0.1, -0.05) is 0 Å². The molecule has 2 aromatic rings. The molecule has 1 heterocycles. The van der Waals surface area contributed by atoms with Crippen LogP contribution in [0.15, 0.2) is 18.2 Å². The first-order valence-electron chi connectivity index (χ1n) is 6.07. The molecule has 3 heteroatoms. The lowest BCUT2D eigenvalue weighted by atomic mass is 10.00. The topological polar surface area (TPSA) is 49.6 Å². The van der Waals surface area contributed by atoms with E-state index in [0.717, 1.165) is 11.0 Å². The maximum atomic E-state index is 8.90. The molecule has 2 aliphatic rings. The predicted octanol–water partition coefficient (Wildman–Crippen LogP) is 2.87. The van der Waals surface area contributed by atoms with Gasteiger partial charge >= 0.3 is 0 Å². The van der Waals surface area contributed by atoms with Gasteiger partial charge in [-0.3, -0.25) is 0 Å². The van der Waals surface area contributed by atoms with E-state index < -0.39 is 0 Å². The zero-order chi connectivity index (χ0) is 11.4. The predicted molar refractivity (Wildman–Crippen MR) is 63.6 cm³/mol. The van der Waals surface area contributed by atoms with Crippen LogP contribution in [0.1, 0.15) is 48.0 Å². The van der Waals surface area contributed by atoms with Crippen LogP contribution in [0.5, 0.6) is 0 Å². The fraction of sp³-hybridized carbons (Fsp3) is 0.357. The summed E-state index contributed by atoms with van der Waals surface area (Å²) in [6.45, 7) is 0. The summed E-state index contributed by atoms with van der Waals surface area (Å²) in [5.41, 5.74) is 4.88. The zero-order valence-electron chi connectivity index (χ0n) is 9.35. The van der Waals surface area contributed by atoms with Crippen molar-refractivity contribution in [3.05, 3.63) is 35.2 Å². The third-order valence-electron chi connectivity index (χ3n) is 4.05. The van der Waals surface area contributed by atoms with Crippen molar-refractivity contribution in [3.63, 3.8) is 0 Å². The first-order valence-corrected chi connectivity index (χ1v) is 6.07. The number of hydrogen-bond donors (Lipinski definition) is 0. The highest BCUT2D eigenvalue weighted by atomic mass is 14.9. The van der Waals surface area contributed by atoms with Crippen molar-refractivity contribution in [2.45, 2.75) is 31.1 Å². The number of benzene rings is 1. The Morgan fingerprint density at radius 3 is 2.47 bits per heavy atom. The largest absolute Gasteiger partial charge is 0.249 e. The summed E-state index contributed by atoms with van der Waals surface area (Å²) in [6, 6.07) is 7.72. The standard InChI is InChI=1S/C14H11N3/c15-7-8-1-4-11-12(5-8)17-14-10-3-2-9(6-10)13(14)16-11/h1,4-5,9-10H,2-3,6H2/t9-,10-/m1/s1. The molecule has 82 valence electrons. The number of nitriles is 1. The van der Waals surface area contributed by atoms with Gasteiger partial charge in [0.2, 0.25) is 0 Å². The van der Waals surface area contributed by atoms with Crippen molar-refractivity contribution in [2.24, 2.45) is 0 Å². The summed E-state index contributed by atoms with van der Waals surface area (Å²) in [5.74, 6) is 1.26. The Kier molecular flexibility index (Phi) is 1.63. The van der Waals surface area contributed by atoms with Gasteiger partial charge in [-0.2, -0.15) is 5.26 Å². The fourth-order valence-corrected chi connectivity index (χ4v) is 3.23. The Hall–Kier alpha value is -1.95. The molecule has 1 fully saturated rings. The molecule has 1 saturated carbocycles. The lowest BCUT2D eigenvalue weighted by Crippen LogP contribution is -2.04. The molecule has 1 aromatic heterocycles. The Bertz CT molecular complexity index is 669. The van der Waals surface area contributed by atoms with Crippen molar-refractivity contribution >= 4 is 11.0 Å². The molecule has 3 nitrogen and oxygen atoms in total. The van der Waals surface area contributed by atoms with Crippen LogP contribution in [0.3, 0.4) is 0 Å². The molecule has 4 rings (SSSR count). The van der Waals surface area contributed by atoms with Gasteiger partial charge in [-0.25, -0.2) is 9.97 Å². The Morgan fingerprint density at radius 1 is 1.06 bits per heavy atom. The Labute approximate surface area is 99.1 Å². The number of hydrogen-bond acceptors (Lipinski definition) is 3. The van der Waals surface area contributed by atoms with Crippen molar-refractivity contribution in [2.75, 3.05) is 0 Å². The zero-order valence-corrected chi connectivity index (χ0v) is 9.35. The van der Waals surface area contributed by atoms with E-state index in [1.165, 1.54) is 30.7 Å². The molecule has 2 aliphatic carbocycles. The highest BCUT2D eigenvalue weighted by Gasteiger charge is 2.39. The van der Waals surface area contributed by atoms with E-state index in [-0.39, 0.29) is 0 Å². The molecular formula is C14H11N3. The van der Waals surface area contributed by atoms with E-state index in [2.05, 4.69) is 6.07 Å². The van der Waals surface area contributed by atoms with Crippen molar-refractivity contribution < 1.29 is 0 Å². The van der Waals surface area contributed by atoms with E-state index in [4.69, 9.17) is 15.2 Å². The second-order valence-corrected chi connectivity index (χ2v) is 5.02. The molecule has 0 unspecified atom stereocenters. The van der Waals surface area contributed by atoms with E-state index >= 15 is 0 Å². The molecule has 1 aromatic carbocycles. The van der Waals surface area contributed by atoms with Crippen LogP contribution in [0.4, 0.5) is 0 Å². The normalized spacial score (nSPS) is 24.9. The Balaban J connectivity index is 2.01. The van der Waals surface area contributed by atoms with Crippen molar-refractivity contribution in [1.29, 1.82) is 5.26 Å². The molecule has 0 spiro atoms. The quantitative estimate of drug-likeness (QED) is 0.687. The van der Waals surface area contributed by atoms with Crippen LogP contribution in [-0.4, -0.2) is 9.97 Å². The molecular weight excluding hydrogens is 210 g/mol. The monoisotopic (exact) mass is 221 g/mol. The minimum atomic E-state index is 0.623. The number of aromatic nitrogens is 2. The lowest BCUT2D eigenvalue weighted by Gasteiger charge is -2.13. The summed E-state index contributed by atoms with van der Waals surface area (Å²) >= 11 is 0. The van der Waals surface area contributed by atoms with Gasteiger partial charge in [-0.05, 0) is 37.5 Å². The minimum Gasteiger partial charge on any atom is -0.249 e. The van der Waals surface area contributed by atoms with Crippen LogP contribution in [0, 0.1) is 11.3 Å². The summed E-state index contributed by atoms with van der Waals surface area (Å²) < 4.78 is 0.